The fourth-order valence-electron chi connectivity index (χ4n) is 2.54. The molecule has 2 aromatic rings. The highest BCUT2D eigenvalue weighted by Crippen LogP contribution is 2.22. The topological polar surface area (TPSA) is 59.1 Å². The maximum absolute atomic E-state index is 11.5. The number of rotatable bonds is 2. The first-order valence-electron chi connectivity index (χ1n) is 6.37. The van der Waals surface area contributed by atoms with Gasteiger partial charge in [-0.25, -0.2) is 13.4 Å². The molecule has 1 aromatic heterocycles. The van der Waals surface area contributed by atoms with Gasteiger partial charge in [-0.05, 0) is 31.0 Å². The van der Waals surface area contributed by atoms with Gasteiger partial charge in [-0.3, -0.25) is 0 Å². The summed E-state index contributed by atoms with van der Waals surface area (Å²) < 4.78 is 22.9. The van der Waals surface area contributed by atoms with Gasteiger partial charge in [0.15, 0.2) is 9.84 Å². The van der Waals surface area contributed by atoms with Crippen molar-refractivity contribution in [3.8, 4) is 0 Å². The summed E-state index contributed by atoms with van der Waals surface area (Å²) in [5.41, 5.74) is 2.08. The van der Waals surface area contributed by atoms with Gasteiger partial charge in [-0.1, -0.05) is 18.2 Å². The Morgan fingerprint density at radius 1 is 1.32 bits per heavy atom. The Balaban J connectivity index is 1.90. The molecule has 0 unspecified atom stereocenters. The molecule has 3 rings (SSSR count). The van der Waals surface area contributed by atoms with Gasteiger partial charge >= 0.3 is 0 Å². The van der Waals surface area contributed by atoms with Gasteiger partial charge in [-0.2, -0.15) is 0 Å². The molecule has 5 heteroatoms. The number of aryl methyl sites for hydroxylation is 1. The third kappa shape index (κ3) is 2.56. The summed E-state index contributed by atoms with van der Waals surface area (Å²) in [6, 6.07) is 9.93. The number of nitrogens with one attached hydrogen (secondary N) is 1. The molecule has 1 aliphatic heterocycles. The van der Waals surface area contributed by atoms with Crippen molar-refractivity contribution < 1.29 is 8.42 Å². The highest BCUT2D eigenvalue weighted by molar-refractivity contribution is 7.91. The molecule has 19 heavy (non-hydrogen) atoms. The summed E-state index contributed by atoms with van der Waals surface area (Å²) in [5.74, 6) is 1.25. The summed E-state index contributed by atoms with van der Waals surface area (Å²) in [4.78, 5) is 4.54. The average molecular weight is 276 g/mol. The van der Waals surface area contributed by atoms with Gasteiger partial charge in [0.25, 0.3) is 0 Å². The highest BCUT2D eigenvalue weighted by atomic mass is 32.2. The molecular formula is C14H16N2O2S. The van der Waals surface area contributed by atoms with Crippen molar-refractivity contribution in [3.63, 3.8) is 0 Å². The molecule has 0 bridgehead atoms. The molecule has 1 atom stereocenters. The molecule has 0 aliphatic carbocycles. The minimum absolute atomic E-state index is 0.0157. The molecule has 0 spiro atoms. The number of benzene rings is 1. The van der Waals surface area contributed by atoms with Gasteiger partial charge in [0.2, 0.25) is 0 Å². The summed E-state index contributed by atoms with van der Waals surface area (Å²) in [6.45, 7) is 2.04. The van der Waals surface area contributed by atoms with Crippen molar-refractivity contribution in [2.24, 2.45) is 0 Å². The first kappa shape index (κ1) is 12.4. The minimum Gasteiger partial charge on any atom is -0.366 e. The molecule has 1 N–H and O–H groups in total. The van der Waals surface area contributed by atoms with Gasteiger partial charge < -0.3 is 5.32 Å². The molecule has 1 saturated heterocycles. The van der Waals surface area contributed by atoms with E-state index >= 15 is 0 Å². The Morgan fingerprint density at radius 2 is 2.11 bits per heavy atom. The Bertz CT molecular complexity index is 725. The molecular weight excluding hydrogens is 260 g/mol. The van der Waals surface area contributed by atoms with Gasteiger partial charge in [0, 0.05) is 11.4 Å². The largest absolute Gasteiger partial charge is 0.366 e. The van der Waals surface area contributed by atoms with Crippen LogP contribution in [0.3, 0.4) is 0 Å². The Kier molecular flexibility index (Phi) is 2.93. The lowest BCUT2D eigenvalue weighted by atomic mass is 10.1. The van der Waals surface area contributed by atoms with Crippen LogP contribution in [0.2, 0.25) is 0 Å². The zero-order chi connectivity index (χ0) is 13.5. The molecule has 100 valence electrons. The van der Waals surface area contributed by atoms with E-state index in [-0.39, 0.29) is 17.5 Å². The Morgan fingerprint density at radius 3 is 2.84 bits per heavy atom. The summed E-state index contributed by atoms with van der Waals surface area (Å²) in [6.07, 6.45) is 0.663. The van der Waals surface area contributed by atoms with Crippen molar-refractivity contribution in [1.29, 1.82) is 0 Å². The maximum atomic E-state index is 11.5. The minimum atomic E-state index is -2.86. The first-order valence-corrected chi connectivity index (χ1v) is 8.19. The number of sulfone groups is 1. The van der Waals surface area contributed by atoms with E-state index in [1.807, 2.05) is 37.3 Å². The first-order chi connectivity index (χ1) is 9.03. The second-order valence-electron chi connectivity index (χ2n) is 5.09. The van der Waals surface area contributed by atoms with Crippen molar-refractivity contribution in [3.05, 3.63) is 35.9 Å². The number of para-hydroxylation sites is 1. The van der Waals surface area contributed by atoms with Crippen LogP contribution in [0, 0.1) is 6.92 Å². The molecule has 4 nitrogen and oxygen atoms in total. The van der Waals surface area contributed by atoms with Gasteiger partial charge in [-0.15, -0.1) is 0 Å². The smallest absolute Gasteiger partial charge is 0.152 e. The lowest BCUT2D eigenvalue weighted by molar-refractivity contribution is 0.602. The second-order valence-corrected chi connectivity index (χ2v) is 7.31. The number of fused-ring (bicyclic) bond motifs is 1. The van der Waals surface area contributed by atoms with Crippen molar-refractivity contribution >= 4 is 26.6 Å². The van der Waals surface area contributed by atoms with Crippen LogP contribution < -0.4 is 5.32 Å². The number of nitrogens with zero attached hydrogens (tertiary/aromatic N) is 1. The van der Waals surface area contributed by atoms with Crippen LogP contribution in [-0.4, -0.2) is 30.9 Å². The fourth-order valence-corrected chi connectivity index (χ4v) is 4.21. The molecule has 0 radical (unpaired) electrons. The number of hydrogen-bond donors (Lipinski definition) is 1. The van der Waals surface area contributed by atoms with Crippen LogP contribution in [0.25, 0.3) is 10.9 Å². The van der Waals surface area contributed by atoms with Crippen LogP contribution in [0.15, 0.2) is 30.3 Å². The molecule has 0 saturated carbocycles. The van der Waals surface area contributed by atoms with Crippen LogP contribution >= 0.6 is 0 Å². The second kappa shape index (κ2) is 4.49. The number of anilines is 1. The van der Waals surface area contributed by atoms with E-state index in [9.17, 15) is 8.42 Å². The van der Waals surface area contributed by atoms with Crippen LogP contribution in [0.5, 0.6) is 0 Å². The molecule has 1 aromatic carbocycles. The SMILES string of the molecule is Cc1cc(N[C@@H]2CCS(=O)(=O)C2)nc2ccccc12. The third-order valence-electron chi connectivity index (χ3n) is 3.51. The molecule has 2 heterocycles. The Labute approximate surface area is 112 Å². The quantitative estimate of drug-likeness (QED) is 0.913. The van der Waals surface area contributed by atoms with Gasteiger partial charge in [0.1, 0.15) is 5.82 Å². The molecule has 1 aliphatic rings. The van der Waals surface area contributed by atoms with Crippen LogP contribution in [0.4, 0.5) is 5.82 Å². The standard InChI is InChI=1S/C14H16N2O2S/c1-10-8-14(15-11-6-7-19(17,18)9-11)16-13-5-3-2-4-12(10)13/h2-5,8,11H,6-7,9H2,1H3,(H,15,16)/t11-/m1/s1. The van der Waals surface area contributed by atoms with Crippen molar-refractivity contribution in [2.75, 3.05) is 16.8 Å². The van der Waals surface area contributed by atoms with E-state index in [1.54, 1.807) is 0 Å². The number of aromatic nitrogens is 1. The van der Waals surface area contributed by atoms with Crippen molar-refractivity contribution in [2.45, 2.75) is 19.4 Å². The zero-order valence-electron chi connectivity index (χ0n) is 10.8. The predicted molar refractivity (Wildman–Crippen MR) is 77.2 cm³/mol. The van der Waals surface area contributed by atoms with E-state index in [2.05, 4.69) is 10.3 Å². The van der Waals surface area contributed by atoms with E-state index in [1.165, 1.54) is 0 Å². The van der Waals surface area contributed by atoms with E-state index in [0.717, 1.165) is 22.3 Å². The Hall–Kier alpha value is -1.62. The summed E-state index contributed by atoms with van der Waals surface area (Å²) in [7, 11) is -2.86. The lowest BCUT2D eigenvalue weighted by Gasteiger charge is -2.13. The molecule has 0 amide bonds. The summed E-state index contributed by atoms with van der Waals surface area (Å²) in [5, 5.41) is 4.37. The normalized spacial score (nSPS) is 21.6. The third-order valence-corrected chi connectivity index (χ3v) is 5.28. The van der Waals surface area contributed by atoms with E-state index < -0.39 is 9.84 Å². The highest BCUT2D eigenvalue weighted by Gasteiger charge is 2.27. The monoisotopic (exact) mass is 276 g/mol. The molecule has 1 fully saturated rings. The predicted octanol–water partition coefficient (Wildman–Crippen LogP) is 2.14. The maximum Gasteiger partial charge on any atom is 0.152 e. The lowest BCUT2D eigenvalue weighted by Crippen LogP contribution is -2.21. The van der Waals surface area contributed by atoms with Crippen LogP contribution in [-0.2, 0) is 9.84 Å². The van der Waals surface area contributed by atoms with Crippen LogP contribution in [0.1, 0.15) is 12.0 Å². The van der Waals surface area contributed by atoms with E-state index in [4.69, 9.17) is 0 Å². The zero-order valence-corrected chi connectivity index (χ0v) is 11.6. The summed E-state index contributed by atoms with van der Waals surface area (Å²) >= 11 is 0. The number of pyridine rings is 1. The van der Waals surface area contributed by atoms with Gasteiger partial charge in [0.05, 0.1) is 17.0 Å². The fraction of sp³-hybridized carbons (Fsp3) is 0.357. The van der Waals surface area contributed by atoms with E-state index in [0.29, 0.717) is 6.42 Å². The average Bonchev–Trinajstić information content (AvgIpc) is 2.69. The number of hydrogen-bond acceptors (Lipinski definition) is 4. The van der Waals surface area contributed by atoms with Crippen molar-refractivity contribution in [1.82, 2.24) is 4.98 Å².